The van der Waals surface area contributed by atoms with Gasteiger partial charge in [0.15, 0.2) is 11.5 Å². The molecule has 1 aromatic rings. The molecule has 0 N–H and O–H groups in total. The van der Waals surface area contributed by atoms with Gasteiger partial charge in [-0.15, -0.1) is 0 Å². The monoisotopic (exact) mass is 304 g/mol. The second kappa shape index (κ2) is 6.44. The highest BCUT2D eigenvalue weighted by Crippen LogP contribution is 2.44. The summed E-state index contributed by atoms with van der Waals surface area (Å²) in [7, 11) is 2.93. The van der Waals surface area contributed by atoms with Crippen LogP contribution >= 0.6 is 0 Å². The van der Waals surface area contributed by atoms with E-state index < -0.39 is 12.3 Å². The van der Waals surface area contributed by atoms with Gasteiger partial charge < -0.3 is 9.47 Å². The molecule has 6 heteroatoms. The summed E-state index contributed by atoms with van der Waals surface area (Å²) in [4.78, 5) is 0. The van der Waals surface area contributed by atoms with E-state index in [0.29, 0.717) is 23.5 Å². The van der Waals surface area contributed by atoms with E-state index in [1.807, 2.05) is 0 Å². The molecule has 0 radical (unpaired) electrons. The van der Waals surface area contributed by atoms with Crippen LogP contribution in [0, 0.1) is 28.6 Å². The number of alkyl halides is 2. The normalized spacial score (nSPS) is 16.5. The predicted molar refractivity (Wildman–Crippen MR) is 75.5 cm³/mol. The molecule has 0 amide bonds. The third-order valence-electron chi connectivity index (χ3n) is 3.79. The van der Waals surface area contributed by atoms with E-state index in [2.05, 4.69) is 0 Å². The highest BCUT2D eigenvalue weighted by molar-refractivity contribution is 5.81. The van der Waals surface area contributed by atoms with E-state index in [1.165, 1.54) is 14.2 Å². The number of nitrogens with zero attached hydrogens (tertiary/aromatic N) is 2. The number of rotatable bonds is 3. The van der Waals surface area contributed by atoms with Gasteiger partial charge >= 0.3 is 0 Å². The summed E-state index contributed by atoms with van der Waals surface area (Å²) < 4.78 is 37.0. The molecule has 0 aliphatic heterocycles. The third kappa shape index (κ3) is 2.60. The predicted octanol–water partition coefficient (Wildman–Crippen LogP) is 3.33. The Labute approximate surface area is 127 Å². The molecule has 114 valence electrons. The van der Waals surface area contributed by atoms with Gasteiger partial charge in [-0.2, -0.15) is 10.5 Å². The van der Waals surface area contributed by atoms with E-state index in [1.54, 1.807) is 24.3 Å². The molecule has 0 spiro atoms. The first-order valence-corrected chi connectivity index (χ1v) is 6.65. The zero-order chi connectivity index (χ0) is 16.3. The van der Waals surface area contributed by atoms with Crippen molar-refractivity contribution in [2.24, 2.45) is 5.92 Å². The van der Waals surface area contributed by atoms with Crippen molar-refractivity contribution in [3.63, 3.8) is 0 Å². The number of halogens is 2. The largest absolute Gasteiger partial charge is 0.493 e. The summed E-state index contributed by atoms with van der Waals surface area (Å²) >= 11 is 0. The number of fused-ring (bicyclic) bond motifs is 1. The minimum atomic E-state index is -2.63. The number of hydrogen-bond donors (Lipinski definition) is 0. The summed E-state index contributed by atoms with van der Waals surface area (Å²) in [5.41, 5.74) is 1.06. The third-order valence-corrected chi connectivity index (χ3v) is 3.79. The molecular formula is C16H14F2N2O2. The summed E-state index contributed by atoms with van der Waals surface area (Å²) in [6.07, 6.45) is -2.02. The van der Waals surface area contributed by atoms with Crippen LogP contribution in [0.25, 0.3) is 5.57 Å². The topological polar surface area (TPSA) is 66.0 Å². The molecule has 1 aromatic carbocycles. The molecule has 1 aliphatic rings. The quantitative estimate of drug-likeness (QED) is 0.803. The number of hydrogen-bond acceptors (Lipinski definition) is 4. The van der Waals surface area contributed by atoms with Gasteiger partial charge in [0.1, 0.15) is 17.7 Å². The lowest BCUT2D eigenvalue weighted by molar-refractivity contribution is 0.0990. The molecule has 4 nitrogen and oxygen atoms in total. The summed E-state index contributed by atoms with van der Waals surface area (Å²) in [5, 5.41) is 18.2. The van der Waals surface area contributed by atoms with Crippen LogP contribution in [0.15, 0.2) is 17.7 Å². The number of methoxy groups -OCH3 is 2. The van der Waals surface area contributed by atoms with Crippen molar-refractivity contribution < 1.29 is 18.3 Å². The average Bonchev–Trinajstić information content (AvgIpc) is 2.54. The maximum atomic E-state index is 13.3. The van der Waals surface area contributed by atoms with Crippen LogP contribution in [0.3, 0.4) is 0 Å². The minimum Gasteiger partial charge on any atom is -0.493 e. The first kappa shape index (κ1) is 15.8. The first-order valence-electron chi connectivity index (χ1n) is 6.65. The number of allylic oxidation sites excluding steroid dienone is 2. The van der Waals surface area contributed by atoms with Crippen molar-refractivity contribution in [3.8, 4) is 23.6 Å². The summed E-state index contributed by atoms with van der Waals surface area (Å²) in [6.45, 7) is 0. The van der Waals surface area contributed by atoms with Crippen molar-refractivity contribution in [1.82, 2.24) is 0 Å². The van der Waals surface area contributed by atoms with Gasteiger partial charge in [-0.25, -0.2) is 8.78 Å². The molecule has 1 unspecified atom stereocenters. The smallest absolute Gasteiger partial charge is 0.245 e. The SMILES string of the molecule is COc1cc2c(cc1OC)C(=C(C#N)C#N)C(C(F)F)CC2. The maximum Gasteiger partial charge on any atom is 0.245 e. The lowest BCUT2D eigenvalue weighted by atomic mass is 9.77. The maximum absolute atomic E-state index is 13.3. The Balaban J connectivity index is 2.74. The van der Waals surface area contributed by atoms with E-state index in [0.717, 1.165) is 5.56 Å². The van der Waals surface area contributed by atoms with Crippen LogP contribution in [0.4, 0.5) is 8.78 Å². The Bertz CT molecular complexity index is 683. The van der Waals surface area contributed by atoms with Gasteiger partial charge in [0.25, 0.3) is 0 Å². The van der Waals surface area contributed by atoms with Gasteiger partial charge in [-0.1, -0.05) is 0 Å². The minimum absolute atomic E-state index is 0.0993. The molecule has 0 bridgehead atoms. The lowest BCUT2D eigenvalue weighted by Gasteiger charge is -2.28. The van der Waals surface area contributed by atoms with E-state index in [-0.39, 0.29) is 17.6 Å². The van der Waals surface area contributed by atoms with Gasteiger partial charge in [-0.3, -0.25) is 0 Å². The van der Waals surface area contributed by atoms with Gasteiger partial charge in [0.05, 0.1) is 14.2 Å². The summed E-state index contributed by atoms with van der Waals surface area (Å²) in [6, 6.07) is 6.73. The average molecular weight is 304 g/mol. The van der Waals surface area contributed by atoms with Crippen molar-refractivity contribution in [2.75, 3.05) is 14.2 Å². The lowest BCUT2D eigenvalue weighted by Crippen LogP contribution is -2.21. The van der Waals surface area contributed by atoms with E-state index >= 15 is 0 Å². The van der Waals surface area contributed by atoms with Crippen LogP contribution in [0.2, 0.25) is 0 Å². The number of aryl methyl sites for hydroxylation is 1. The molecular weight excluding hydrogens is 290 g/mol. The molecule has 0 saturated carbocycles. The molecule has 1 aliphatic carbocycles. The van der Waals surface area contributed by atoms with Gasteiger partial charge in [-0.05, 0) is 41.7 Å². The fourth-order valence-electron chi connectivity index (χ4n) is 2.75. The van der Waals surface area contributed by atoms with Crippen molar-refractivity contribution >= 4 is 5.57 Å². The zero-order valence-corrected chi connectivity index (χ0v) is 12.2. The Morgan fingerprint density at radius 2 is 1.77 bits per heavy atom. The Morgan fingerprint density at radius 3 is 2.27 bits per heavy atom. The standard InChI is InChI=1S/C16H14F2N2O2/c1-21-13-5-9-3-4-11(16(17)18)15(10(7-19)8-20)12(9)6-14(13)22-2/h5-6,11,16H,3-4H2,1-2H3. The van der Waals surface area contributed by atoms with Crippen molar-refractivity contribution in [1.29, 1.82) is 10.5 Å². The molecule has 0 fully saturated rings. The second-order valence-electron chi connectivity index (χ2n) is 4.86. The van der Waals surface area contributed by atoms with Gasteiger partial charge in [0.2, 0.25) is 6.43 Å². The number of ether oxygens (including phenoxy) is 2. The van der Waals surface area contributed by atoms with Crippen molar-refractivity contribution in [3.05, 3.63) is 28.8 Å². The Morgan fingerprint density at radius 1 is 1.18 bits per heavy atom. The molecule has 22 heavy (non-hydrogen) atoms. The van der Waals surface area contributed by atoms with Crippen LogP contribution in [-0.4, -0.2) is 20.6 Å². The van der Waals surface area contributed by atoms with Crippen LogP contribution in [-0.2, 0) is 6.42 Å². The molecule has 2 rings (SSSR count). The first-order chi connectivity index (χ1) is 10.6. The molecule has 0 saturated heterocycles. The van der Waals surface area contributed by atoms with Crippen LogP contribution in [0.1, 0.15) is 17.5 Å². The van der Waals surface area contributed by atoms with Crippen molar-refractivity contribution in [2.45, 2.75) is 19.3 Å². The van der Waals surface area contributed by atoms with Crippen LogP contribution in [0.5, 0.6) is 11.5 Å². The molecule has 0 heterocycles. The number of nitriles is 2. The van der Waals surface area contributed by atoms with E-state index in [9.17, 15) is 8.78 Å². The fourth-order valence-corrected chi connectivity index (χ4v) is 2.75. The number of benzene rings is 1. The molecule has 1 atom stereocenters. The van der Waals surface area contributed by atoms with Crippen LogP contribution < -0.4 is 9.47 Å². The van der Waals surface area contributed by atoms with E-state index in [4.69, 9.17) is 20.0 Å². The van der Waals surface area contributed by atoms with Gasteiger partial charge in [0, 0.05) is 5.92 Å². The molecule has 0 aromatic heterocycles. The zero-order valence-electron chi connectivity index (χ0n) is 12.2. The fraction of sp³-hybridized carbons (Fsp3) is 0.375. The second-order valence-corrected chi connectivity index (χ2v) is 4.86. The Kier molecular flexibility index (Phi) is 4.62. The highest BCUT2D eigenvalue weighted by atomic mass is 19.3. The summed E-state index contributed by atoms with van der Waals surface area (Å²) in [5.74, 6) is -0.254. The highest BCUT2D eigenvalue weighted by Gasteiger charge is 2.34. The Hall–Kier alpha value is -2.60.